The Kier molecular flexibility index (Phi) is 3.03. The third-order valence-corrected chi connectivity index (χ3v) is 5.19. The van der Waals surface area contributed by atoms with Crippen LogP contribution in [-0.4, -0.2) is 11.9 Å². The maximum atomic E-state index is 9.56. The number of hydrogen-bond acceptors (Lipinski definition) is 3. The first-order valence-corrected chi connectivity index (χ1v) is 7.85. The van der Waals surface area contributed by atoms with Crippen LogP contribution >= 0.6 is 0 Å². The summed E-state index contributed by atoms with van der Waals surface area (Å²) in [7, 11) is 0. The van der Waals surface area contributed by atoms with E-state index in [9.17, 15) is 5.11 Å². The lowest BCUT2D eigenvalue weighted by atomic mass is 9.68. The van der Waals surface area contributed by atoms with Crippen LogP contribution in [0.1, 0.15) is 36.5 Å². The topological polar surface area (TPSA) is 38.7 Å². The fraction of sp³-hybridized carbons (Fsp3) is 0.368. The summed E-state index contributed by atoms with van der Waals surface area (Å²) in [5, 5.41) is 9.56. The molecule has 0 aromatic heterocycles. The maximum absolute atomic E-state index is 9.56. The SMILES string of the molecule is C[C@@H]1[C@@H](c2ccc(O)cc2)c2cc3c(cc2C[C@H]1C)OCO3. The third kappa shape index (κ3) is 2.04. The van der Waals surface area contributed by atoms with Crippen molar-refractivity contribution in [2.24, 2.45) is 11.8 Å². The Morgan fingerprint density at radius 2 is 1.68 bits per heavy atom. The first kappa shape index (κ1) is 13.5. The van der Waals surface area contributed by atoms with E-state index in [1.807, 2.05) is 12.1 Å². The van der Waals surface area contributed by atoms with Gasteiger partial charge in [0.25, 0.3) is 0 Å². The molecule has 0 saturated carbocycles. The Morgan fingerprint density at radius 1 is 1.00 bits per heavy atom. The lowest BCUT2D eigenvalue weighted by molar-refractivity contribution is 0.174. The molecule has 0 saturated heterocycles. The summed E-state index contributed by atoms with van der Waals surface area (Å²) in [4.78, 5) is 0. The van der Waals surface area contributed by atoms with Crippen LogP contribution in [0.5, 0.6) is 17.2 Å². The van der Waals surface area contributed by atoms with Gasteiger partial charge in [-0.15, -0.1) is 0 Å². The van der Waals surface area contributed by atoms with Gasteiger partial charge in [0, 0.05) is 5.92 Å². The fourth-order valence-electron chi connectivity index (χ4n) is 3.78. The quantitative estimate of drug-likeness (QED) is 0.861. The van der Waals surface area contributed by atoms with Crippen molar-refractivity contribution in [3.05, 3.63) is 53.1 Å². The largest absolute Gasteiger partial charge is 0.508 e. The van der Waals surface area contributed by atoms with Gasteiger partial charge in [-0.1, -0.05) is 26.0 Å². The van der Waals surface area contributed by atoms with E-state index in [1.54, 1.807) is 12.1 Å². The number of aromatic hydroxyl groups is 1. The maximum Gasteiger partial charge on any atom is 0.231 e. The molecule has 3 heteroatoms. The van der Waals surface area contributed by atoms with Crippen LogP contribution in [0.15, 0.2) is 36.4 Å². The Bertz CT molecular complexity index is 705. The smallest absolute Gasteiger partial charge is 0.231 e. The lowest BCUT2D eigenvalue weighted by Crippen LogP contribution is -2.26. The molecule has 1 N–H and O–H groups in total. The molecule has 2 aliphatic rings. The van der Waals surface area contributed by atoms with Gasteiger partial charge in [-0.3, -0.25) is 0 Å². The van der Waals surface area contributed by atoms with Crippen molar-refractivity contribution in [2.45, 2.75) is 26.2 Å². The molecule has 22 heavy (non-hydrogen) atoms. The van der Waals surface area contributed by atoms with Crippen LogP contribution in [0, 0.1) is 11.8 Å². The van der Waals surface area contributed by atoms with Gasteiger partial charge >= 0.3 is 0 Å². The molecular formula is C19H20O3. The van der Waals surface area contributed by atoms with E-state index in [1.165, 1.54) is 16.7 Å². The first-order chi connectivity index (χ1) is 10.6. The van der Waals surface area contributed by atoms with Crippen LogP contribution in [0.2, 0.25) is 0 Å². The molecular weight excluding hydrogens is 276 g/mol. The second-order valence-corrected chi connectivity index (χ2v) is 6.51. The first-order valence-electron chi connectivity index (χ1n) is 7.85. The zero-order valence-electron chi connectivity index (χ0n) is 12.9. The summed E-state index contributed by atoms with van der Waals surface area (Å²) in [5.74, 6) is 3.50. The zero-order valence-corrected chi connectivity index (χ0v) is 12.9. The highest BCUT2D eigenvalue weighted by atomic mass is 16.7. The van der Waals surface area contributed by atoms with E-state index >= 15 is 0 Å². The summed E-state index contributed by atoms with van der Waals surface area (Å²) >= 11 is 0. The van der Waals surface area contributed by atoms with E-state index < -0.39 is 0 Å². The van der Waals surface area contributed by atoms with E-state index in [4.69, 9.17) is 9.47 Å². The average molecular weight is 296 g/mol. The summed E-state index contributed by atoms with van der Waals surface area (Å²) < 4.78 is 11.1. The molecule has 0 amide bonds. The van der Waals surface area contributed by atoms with Gasteiger partial charge in [0.05, 0.1) is 0 Å². The van der Waals surface area contributed by atoms with E-state index in [0.717, 1.165) is 17.9 Å². The van der Waals surface area contributed by atoms with Crippen molar-refractivity contribution in [1.82, 2.24) is 0 Å². The second kappa shape index (κ2) is 4.94. The molecule has 4 rings (SSSR count). The number of phenolic OH excluding ortho intramolecular Hbond substituents is 1. The third-order valence-electron chi connectivity index (χ3n) is 5.19. The summed E-state index contributed by atoms with van der Waals surface area (Å²) in [6.07, 6.45) is 1.07. The van der Waals surface area contributed by atoms with Crippen molar-refractivity contribution in [3.63, 3.8) is 0 Å². The molecule has 0 radical (unpaired) electrons. The zero-order chi connectivity index (χ0) is 15.3. The predicted octanol–water partition coefficient (Wildman–Crippen LogP) is 4.08. The Labute approximate surface area is 130 Å². The Morgan fingerprint density at radius 3 is 2.41 bits per heavy atom. The highest BCUT2D eigenvalue weighted by Crippen LogP contribution is 2.47. The molecule has 114 valence electrons. The van der Waals surface area contributed by atoms with Crippen LogP contribution in [-0.2, 0) is 6.42 Å². The van der Waals surface area contributed by atoms with Gasteiger partial charge in [-0.05, 0) is 59.2 Å². The predicted molar refractivity (Wildman–Crippen MR) is 84.5 cm³/mol. The molecule has 0 unspecified atom stereocenters. The van der Waals surface area contributed by atoms with Crippen LogP contribution in [0.25, 0.3) is 0 Å². The average Bonchev–Trinajstić information content (AvgIpc) is 2.95. The van der Waals surface area contributed by atoms with Crippen molar-refractivity contribution in [1.29, 1.82) is 0 Å². The lowest BCUT2D eigenvalue weighted by Gasteiger charge is -2.36. The van der Waals surface area contributed by atoms with E-state index in [-0.39, 0.29) is 0 Å². The molecule has 0 fully saturated rings. The molecule has 1 heterocycles. The highest BCUT2D eigenvalue weighted by molar-refractivity contribution is 5.53. The number of ether oxygens (including phenoxy) is 2. The van der Waals surface area contributed by atoms with Crippen LogP contribution in [0.4, 0.5) is 0 Å². The van der Waals surface area contributed by atoms with Crippen molar-refractivity contribution in [2.75, 3.05) is 6.79 Å². The minimum Gasteiger partial charge on any atom is -0.508 e. The van der Waals surface area contributed by atoms with Gasteiger partial charge in [0.2, 0.25) is 6.79 Å². The van der Waals surface area contributed by atoms with E-state index in [0.29, 0.717) is 30.3 Å². The van der Waals surface area contributed by atoms with Gasteiger partial charge in [0.15, 0.2) is 11.5 Å². The van der Waals surface area contributed by atoms with Gasteiger partial charge in [0.1, 0.15) is 5.75 Å². The highest BCUT2D eigenvalue weighted by Gasteiger charge is 2.34. The monoisotopic (exact) mass is 296 g/mol. The van der Waals surface area contributed by atoms with Crippen molar-refractivity contribution in [3.8, 4) is 17.2 Å². The standard InChI is InChI=1S/C19H20O3/c1-11-7-14-8-17-18(22-10-21-17)9-16(14)19(12(11)2)13-3-5-15(20)6-4-13/h3-6,8-9,11-12,19-20H,7,10H2,1-2H3/t11-,12+,19+/m1/s1. The number of rotatable bonds is 1. The normalized spacial score (nSPS) is 25.8. The molecule has 2 aromatic carbocycles. The van der Waals surface area contributed by atoms with Crippen molar-refractivity contribution < 1.29 is 14.6 Å². The van der Waals surface area contributed by atoms with Gasteiger partial charge < -0.3 is 14.6 Å². The summed E-state index contributed by atoms with van der Waals surface area (Å²) in [6, 6.07) is 11.9. The summed E-state index contributed by atoms with van der Waals surface area (Å²) in [6.45, 7) is 4.94. The molecule has 1 aliphatic heterocycles. The van der Waals surface area contributed by atoms with Gasteiger partial charge in [-0.25, -0.2) is 0 Å². The number of phenols is 1. The molecule has 1 aliphatic carbocycles. The summed E-state index contributed by atoms with van der Waals surface area (Å²) in [5.41, 5.74) is 3.94. The van der Waals surface area contributed by atoms with Crippen LogP contribution < -0.4 is 9.47 Å². The number of hydrogen-bond donors (Lipinski definition) is 1. The molecule has 0 spiro atoms. The molecule has 0 bridgehead atoms. The molecule has 3 nitrogen and oxygen atoms in total. The minimum atomic E-state index is 0.311. The second-order valence-electron chi connectivity index (χ2n) is 6.51. The Hall–Kier alpha value is -2.16. The molecule has 3 atom stereocenters. The van der Waals surface area contributed by atoms with Crippen molar-refractivity contribution >= 4 is 0 Å². The number of fused-ring (bicyclic) bond motifs is 2. The molecule has 2 aromatic rings. The Balaban J connectivity index is 1.85. The van der Waals surface area contributed by atoms with Gasteiger partial charge in [-0.2, -0.15) is 0 Å². The minimum absolute atomic E-state index is 0.311. The fourth-order valence-corrected chi connectivity index (χ4v) is 3.78. The van der Waals surface area contributed by atoms with E-state index in [2.05, 4.69) is 26.0 Å². The number of benzene rings is 2. The van der Waals surface area contributed by atoms with Crippen LogP contribution in [0.3, 0.4) is 0 Å².